The van der Waals surface area contributed by atoms with Crippen LogP contribution in [0.15, 0.2) is 206 Å². The quantitative estimate of drug-likeness (QED) is 0.131. The van der Waals surface area contributed by atoms with E-state index in [4.69, 9.17) is 9.97 Å². The first kappa shape index (κ1) is 32.0. The predicted molar refractivity (Wildman–Crippen MR) is 237 cm³/mol. The second-order valence-corrected chi connectivity index (χ2v) is 14.5. The van der Waals surface area contributed by atoms with Crippen molar-refractivity contribution in [3.63, 3.8) is 0 Å². The lowest BCUT2D eigenvalue weighted by molar-refractivity contribution is 1.19. The Kier molecular flexibility index (Phi) is 7.53. The van der Waals surface area contributed by atoms with Crippen LogP contribution in [0.3, 0.4) is 0 Å². The predicted octanol–water partition coefficient (Wildman–Crippen LogP) is 14.6. The standard InChI is InChI=1S/C54H34N2/c1-3-13-35(14-4-1)43-21-11-23-47-46(43)22-12-24-48(47)52-34-51(55-54(56-52)37-16-5-2-6-17-37)41-27-25-39-32-42(28-26-38(39)31-41)53-45-20-10-8-18-40(45)33-50-44-19-9-7-15-36(44)29-30-49(50)53/h1-34H. The molecule has 0 saturated carbocycles. The Labute approximate surface area is 325 Å². The largest absolute Gasteiger partial charge is 0.228 e. The number of rotatable bonds is 5. The average molecular weight is 711 g/mol. The molecule has 260 valence electrons. The Bertz CT molecular complexity index is 3290. The third-order valence-electron chi connectivity index (χ3n) is 11.2. The summed E-state index contributed by atoms with van der Waals surface area (Å²) >= 11 is 0. The zero-order valence-corrected chi connectivity index (χ0v) is 30.5. The lowest BCUT2D eigenvalue weighted by atomic mass is 9.89. The highest BCUT2D eigenvalue weighted by Gasteiger charge is 2.16. The summed E-state index contributed by atoms with van der Waals surface area (Å²) in [5.41, 5.74) is 9.81. The van der Waals surface area contributed by atoms with E-state index in [0.717, 1.165) is 33.5 Å². The van der Waals surface area contributed by atoms with Crippen LogP contribution in [0.2, 0.25) is 0 Å². The molecule has 0 aliphatic carbocycles. The monoisotopic (exact) mass is 710 g/mol. The maximum absolute atomic E-state index is 5.22. The summed E-state index contributed by atoms with van der Waals surface area (Å²) in [5.74, 6) is 0.708. The second-order valence-electron chi connectivity index (χ2n) is 14.5. The number of hydrogen-bond donors (Lipinski definition) is 0. The van der Waals surface area contributed by atoms with Crippen LogP contribution in [0.5, 0.6) is 0 Å². The number of benzene rings is 10. The van der Waals surface area contributed by atoms with Crippen LogP contribution < -0.4 is 0 Å². The summed E-state index contributed by atoms with van der Waals surface area (Å²) in [5, 5.41) is 12.3. The van der Waals surface area contributed by atoms with Crippen LogP contribution in [0, 0.1) is 0 Å². The van der Waals surface area contributed by atoms with Crippen LogP contribution in [0.4, 0.5) is 0 Å². The molecular weight excluding hydrogens is 677 g/mol. The van der Waals surface area contributed by atoms with E-state index in [2.05, 4.69) is 188 Å². The highest BCUT2D eigenvalue weighted by molar-refractivity contribution is 6.20. The van der Waals surface area contributed by atoms with Gasteiger partial charge in [-0.3, -0.25) is 0 Å². The van der Waals surface area contributed by atoms with E-state index < -0.39 is 0 Å². The van der Waals surface area contributed by atoms with Crippen LogP contribution in [0.1, 0.15) is 0 Å². The molecule has 0 aliphatic heterocycles. The normalized spacial score (nSPS) is 11.6. The molecule has 2 nitrogen and oxygen atoms in total. The minimum atomic E-state index is 0.708. The minimum absolute atomic E-state index is 0.708. The van der Waals surface area contributed by atoms with Crippen molar-refractivity contribution in [1.82, 2.24) is 9.97 Å². The Morgan fingerprint density at radius 1 is 0.250 bits per heavy atom. The summed E-state index contributed by atoms with van der Waals surface area (Å²) in [4.78, 5) is 10.4. The molecule has 0 bridgehead atoms. The smallest absolute Gasteiger partial charge is 0.160 e. The van der Waals surface area contributed by atoms with Crippen LogP contribution in [-0.4, -0.2) is 9.97 Å². The molecule has 0 fully saturated rings. The Morgan fingerprint density at radius 2 is 0.821 bits per heavy atom. The van der Waals surface area contributed by atoms with Gasteiger partial charge < -0.3 is 0 Å². The van der Waals surface area contributed by atoms with Crippen molar-refractivity contribution in [3.8, 4) is 56.2 Å². The highest BCUT2D eigenvalue weighted by Crippen LogP contribution is 2.41. The molecule has 10 aromatic carbocycles. The van der Waals surface area contributed by atoms with Crippen molar-refractivity contribution < 1.29 is 0 Å². The molecule has 0 atom stereocenters. The first-order valence-corrected chi connectivity index (χ1v) is 19.1. The third-order valence-corrected chi connectivity index (χ3v) is 11.2. The van der Waals surface area contributed by atoms with Gasteiger partial charge in [0.2, 0.25) is 0 Å². The maximum Gasteiger partial charge on any atom is 0.160 e. The van der Waals surface area contributed by atoms with Gasteiger partial charge in [0.25, 0.3) is 0 Å². The molecule has 0 amide bonds. The molecule has 1 heterocycles. The number of aromatic nitrogens is 2. The molecule has 11 rings (SSSR count). The number of fused-ring (bicyclic) bond motifs is 6. The van der Waals surface area contributed by atoms with Gasteiger partial charge in [0.05, 0.1) is 11.4 Å². The summed E-state index contributed by atoms with van der Waals surface area (Å²) in [6.45, 7) is 0. The van der Waals surface area contributed by atoms with Gasteiger partial charge in [-0.05, 0) is 100 Å². The van der Waals surface area contributed by atoms with Gasteiger partial charge in [0.15, 0.2) is 5.82 Å². The van der Waals surface area contributed by atoms with Crippen molar-refractivity contribution in [2.45, 2.75) is 0 Å². The van der Waals surface area contributed by atoms with Crippen molar-refractivity contribution in [2.75, 3.05) is 0 Å². The minimum Gasteiger partial charge on any atom is -0.228 e. The van der Waals surface area contributed by atoms with E-state index in [9.17, 15) is 0 Å². The molecule has 0 radical (unpaired) electrons. The molecular formula is C54H34N2. The molecule has 11 aromatic rings. The molecule has 0 saturated heterocycles. The van der Waals surface area contributed by atoms with Crippen LogP contribution in [0.25, 0.3) is 110 Å². The van der Waals surface area contributed by atoms with Gasteiger partial charge in [-0.2, -0.15) is 0 Å². The van der Waals surface area contributed by atoms with E-state index in [1.165, 1.54) is 70.7 Å². The fourth-order valence-electron chi connectivity index (χ4n) is 8.54. The van der Waals surface area contributed by atoms with E-state index in [1.807, 2.05) is 18.2 Å². The average Bonchev–Trinajstić information content (AvgIpc) is 3.28. The number of hydrogen-bond acceptors (Lipinski definition) is 2. The third kappa shape index (κ3) is 5.42. The SMILES string of the molecule is c1ccc(-c2nc(-c3ccc4cc(-c5c6ccccc6cc6c5ccc5ccccc56)ccc4c3)cc(-c3cccc4c(-c5ccccc5)cccc34)n2)cc1. The van der Waals surface area contributed by atoms with Gasteiger partial charge in [0.1, 0.15) is 0 Å². The highest BCUT2D eigenvalue weighted by atomic mass is 14.9. The second kappa shape index (κ2) is 13.2. The van der Waals surface area contributed by atoms with Crippen molar-refractivity contribution in [1.29, 1.82) is 0 Å². The van der Waals surface area contributed by atoms with E-state index in [1.54, 1.807) is 0 Å². The molecule has 1 aromatic heterocycles. The molecule has 0 unspecified atom stereocenters. The van der Waals surface area contributed by atoms with Gasteiger partial charge in [-0.25, -0.2) is 9.97 Å². The first-order valence-electron chi connectivity index (χ1n) is 19.1. The van der Waals surface area contributed by atoms with E-state index in [-0.39, 0.29) is 0 Å². The maximum atomic E-state index is 5.22. The number of nitrogens with zero attached hydrogens (tertiary/aromatic N) is 2. The first-order chi connectivity index (χ1) is 27.7. The van der Waals surface area contributed by atoms with E-state index >= 15 is 0 Å². The zero-order chi connectivity index (χ0) is 37.0. The summed E-state index contributed by atoms with van der Waals surface area (Å²) in [7, 11) is 0. The molecule has 2 heteroatoms. The van der Waals surface area contributed by atoms with Gasteiger partial charge >= 0.3 is 0 Å². The fourth-order valence-corrected chi connectivity index (χ4v) is 8.54. The molecule has 56 heavy (non-hydrogen) atoms. The van der Waals surface area contributed by atoms with Gasteiger partial charge in [-0.1, -0.05) is 182 Å². The van der Waals surface area contributed by atoms with Gasteiger partial charge in [-0.15, -0.1) is 0 Å². The molecule has 0 N–H and O–H groups in total. The van der Waals surface area contributed by atoms with Gasteiger partial charge in [0, 0.05) is 16.7 Å². The Morgan fingerprint density at radius 3 is 1.61 bits per heavy atom. The fraction of sp³-hybridized carbons (Fsp3) is 0. The summed E-state index contributed by atoms with van der Waals surface area (Å²) in [6.07, 6.45) is 0. The zero-order valence-electron chi connectivity index (χ0n) is 30.5. The van der Waals surface area contributed by atoms with E-state index in [0.29, 0.717) is 5.82 Å². The molecule has 0 aliphatic rings. The lowest BCUT2D eigenvalue weighted by Gasteiger charge is -2.15. The van der Waals surface area contributed by atoms with Crippen LogP contribution >= 0.6 is 0 Å². The van der Waals surface area contributed by atoms with Crippen molar-refractivity contribution >= 4 is 53.9 Å². The Hall–Kier alpha value is -7.42. The summed E-state index contributed by atoms with van der Waals surface area (Å²) < 4.78 is 0. The van der Waals surface area contributed by atoms with Crippen LogP contribution in [-0.2, 0) is 0 Å². The summed E-state index contributed by atoms with van der Waals surface area (Å²) in [6, 6.07) is 74.1. The van der Waals surface area contributed by atoms with Crippen molar-refractivity contribution in [3.05, 3.63) is 206 Å². The Balaban J connectivity index is 1.06. The molecule has 0 spiro atoms. The van der Waals surface area contributed by atoms with Crippen molar-refractivity contribution in [2.24, 2.45) is 0 Å². The topological polar surface area (TPSA) is 25.8 Å². The lowest BCUT2D eigenvalue weighted by Crippen LogP contribution is -1.96.